The summed E-state index contributed by atoms with van der Waals surface area (Å²) < 4.78 is 0. The third-order valence-corrected chi connectivity index (χ3v) is 3.24. The molecular formula is C17H18O. The fourth-order valence-electron chi connectivity index (χ4n) is 2.28. The van der Waals surface area contributed by atoms with Gasteiger partial charge in [-0.05, 0) is 37.0 Å². The van der Waals surface area contributed by atoms with Crippen LogP contribution in [0.1, 0.15) is 33.5 Å². The number of benzene rings is 2. The van der Waals surface area contributed by atoms with Crippen LogP contribution in [-0.4, -0.2) is 5.78 Å². The molecule has 0 saturated carbocycles. The van der Waals surface area contributed by atoms with Crippen molar-refractivity contribution in [2.75, 3.05) is 0 Å². The van der Waals surface area contributed by atoms with E-state index in [1.807, 2.05) is 50.2 Å². The predicted octanol–water partition coefficient (Wildman–Crippen LogP) is 4.12. The molecule has 0 atom stereocenters. The summed E-state index contributed by atoms with van der Waals surface area (Å²) in [5.41, 5.74) is 4.27. The van der Waals surface area contributed by atoms with E-state index in [-0.39, 0.29) is 5.78 Å². The molecule has 0 aliphatic carbocycles. The smallest absolute Gasteiger partial charge is 0.163 e. The van der Waals surface area contributed by atoms with E-state index in [9.17, 15) is 4.79 Å². The fourth-order valence-corrected chi connectivity index (χ4v) is 2.28. The van der Waals surface area contributed by atoms with Gasteiger partial charge in [-0.1, -0.05) is 48.5 Å². The van der Waals surface area contributed by atoms with Gasteiger partial charge >= 0.3 is 0 Å². The minimum Gasteiger partial charge on any atom is -0.294 e. The van der Waals surface area contributed by atoms with Crippen molar-refractivity contribution in [3.63, 3.8) is 0 Å². The van der Waals surface area contributed by atoms with E-state index in [1.54, 1.807) is 0 Å². The Balaban J connectivity index is 2.09. The van der Waals surface area contributed by atoms with Crippen molar-refractivity contribution in [3.8, 4) is 0 Å². The number of aryl methyl sites for hydroxylation is 3. The van der Waals surface area contributed by atoms with Crippen LogP contribution in [0.15, 0.2) is 48.5 Å². The minimum absolute atomic E-state index is 0.245. The molecule has 2 rings (SSSR count). The van der Waals surface area contributed by atoms with Crippen molar-refractivity contribution < 1.29 is 4.79 Å². The van der Waals surface area contributed by atoms with Crippen molar-refractivity contribution in [3.05, 3.63) is 70.8 Å². The summed E-state index contributed by atoms with van der Waals surface area (Å²) in [4.78, 5) is 12.3. The van der Waals surface area contributed by atoms with Gasteiger partial charge in [0.05, 0.1) is 0 Å². The zero-order valence-electron chi connectivity index (χ0n) is 10.9. The van der Waals surface area contributed by atoms with E-state index in [2.05, 4.69) is 12.1 Å². The number of Topliss-reactive ketones (excluding diaryl/α,β-unsaturated/α-hetero) is 1. The first-order valence-corrected chi connectivity index (χ1v) is 6.32. The summed E-state index contributed by atoms with van der Waals surface area (Å²) in [5.74, 6) is 0.245. The van der Waals surface area contributed by atoms with Crippen LogP contribution in [0.2, 0.25) is 0 Å². The largest absolute Gasteiger partial charge is 0.294 e. The van der Waals surface area contributed by atoms with Crippen LogP contribution >= 0.6 is 0 Å². The predicted molar refractivity (Wildman–Crippen MR) is 75.0 cm³/mol. The van der Waals surface area contributed by atoms with Gasteiger partial charge in [-0.3, -0.25) is 4.79 Å². The highest BCUT2D eigenvalue weighted by Gasteiger charge is 2.11. The Morgan fingerprint density at radius 2 is 1.50 bits per heavy atom. The van der Waals surface area contributed by atoms with Gasteiger partial charge in [0.1, 0.15) is 0 Å². The van der Waals surface area contributed by atoms with Crippen LogP contribution in [0.5, 0.6) is 0 Å². The summed E-state index contributed by atoms with van der Waals surface area (Å²) in [6.07, 6.45) is 1.39. The first kappa shape index (κ1) is 12.6. The average Bonchev–Trinajstić information content (AvgIpc) is 2.37. The maximum absolute atomic E-state index is 12.3. The number of carbonyl (C=O) groups excluding carboxylic acids is 1. The highest BCUT2D eigenvalue weighted by molar-refractivity contribution is 5.98. The molecule has 2 aromatic rings. The van der Waals surface area contributed by atoms with Crippen molar-refractivity contribution in [1.82, 2.24) is 0 Å². The highest BCUT2D eigenvalue weighted by atomic mass is 16.1. The van der Waals surface area contributed by atoms with E-state index in [0.717, 1.165) is 23.1 Å². The molecule has 0 heterocycles. The molecular weight excluding hydrogens is 220 g/mol. The van der Waals surface area contributed by atoms with E-state index in [4.69, 9.17) is 0 Å². The lowest BCUT2D eigenvalue weighted by molar-refractivity contribution is 0.0981. The molecule has 1 nitrogen and oxygen atoms in total. The number of hydrogen-bond acceptors (Lipinski definition) is 1. The maximum Gasteiger partial charge on any atom is 0.163 e. The molecule has 0 aromatic heterocycles. The first-order chi connectivity index (χ1) is 8.68. The summed E-state index contributed by atoms with van der Waals surface area (Å²) in [6, 6.07) is 16.2. The highest BCUT2D eigenvalue weighted by Crippen LogP contribution is 2.16. The molecule has 0 bridgehead atoms. The third kappa shape index (κ3) is 2.86. The van der Waals surface area contributed by atoms with E-state index in [0.29, 0.717) is 6.42 Å². The zero-order chi connectivity index (χ0) is 13.0. The molecule has 0 saturated heterocycles. The molecule has 0 radical (unpaired) electrons. The monoisotopic (exact) mass is 238 g/mol. The molecule has 0 unspecified atom stereocenters. The number of carbonyl (C=O) groups is 1. The molecule has 0 fully saturated rings. The number of hydrogen-bond donors (Lipinski definition) is 0. The molecule has 1 heteroatoms. The molecule has 0 aliphatic heterocycles. The Hall–Kier alpha value is -1.89. The Kier molecular flexibility index (Phi) is 3.93. The standard InChI is InChI=1S/C17H18O/c1-13-7-6-8-14(2)17(13)16(18)12-11-15-9-4-3-5-10-15/h3-10H,11-12H2,1-2H3. The Morgan fingerprint density at radius 3 is 2.11 bits per heavy atom. The van der Waals surface area contributed by atoms with Crippen LogP contribution in [0.25, 0.3) is 0 Å². The molecule has 0 aliphatic rings. The normalized spacial score (nSPS) is 10.3. The number of ketones is 1. The molecule has 0 N–H and O–H groups in total. The fraction of sp³-hybridized carbons (Fsp3) is 0.235. The Labute approximate surface area is 108 Å². The summed E-state index contributed by atoms with van der Waals surface area (Å²) in [6.45, 7) is 4.01. The summed E-state index contributed by atoms with van der Waals surface area (Å²) in [5, 5.41) is 0. The van der Waals surface area contributed by atoms with E-state index < -0.39 is 0 Å². The van der Waals surface area contributed by atoms with Gasteiger partial charge in [-0.2, -0.15) is 0 Å². The SMILES string of the molecule is Cc1cccc(C)c1C(=O)CCc1ccccc1. The van der Waals surface area contributed by atoms with E-state index >= 15 is 0 Å². The number of rotatable bonds is 4. The summed E-state index contributed by atoms with van der Waals surface area (Å²) >= 11 is 0. The van der Waals surface area contributed by atoms with Gasteiger partial charge < -0.3 is 0 Å². The molecule has 92 valence electrons. The second-order valence-corrected chi connectivity index (χ2v) is 4.68. The van der Waals surface area contributed by atoms with Crippen LogP contribution in [0, 0.1) is 13.8 Å². The van der Waals surface area contributed by atoms with Gasteiger partial charge in [0, 0.05) is 12.0 Å². The van der Waals surface area contributed by atoms with Gasteiger partial charge in [0.25, 0.3) is 0 Å². The van der Waals surface area contributed by atoms with Gasteiger partial charge in [0.15, 0.2) is 5.78 Å². The summed E-state index contributed by atoms with van der Waals surface area (Å²) in [7, 11) is 0. The average molecular weight is 238 g/mol. The second kappa shape index (κ2) is 5.63. The minimum atomic E-state index is 0.245. The van der Waals surface area contributed by atoms with Gasteiger partial charge in [0.2, 0.25) is 0 Å². The first-order valence-electron chi connectivity index (χ1n) is 6.32. The second-order valence-electron chi connectivity index (χ2n) is 4.68. The third-order valence-electron chi connectivity index (χ3n) is 3.24. The van der Waals surface area contributed by atoms with Crippen LogP contribution in [0.3, 0.4) is 0 Å². The van der Waals surface area contributed by atoms with Crippen LogP contribution < -0.4 is 0 Å². The van der Waals surface area contributed by atoms with Crippen molar-refractivity contribution in [2.45, 2.75) is 26.7 Å². The lowest BCUT2D eigenvalue weighted by atomic mass is 9.95. The van der Waals surface area contributed by atoms with E-state index in [1.165, 1.54) is 5.56 Å². The zero-order valence-corrected chi connectivity index (χ0v) is 10.9. The lowest BCUT2D eigenvalue weighted by Gasteiger charge is -2.08. The quantitative estimate of drug-likeness (QED) is 0.732. The Morgan fingerprint density at radius 1 is 0.889 bits per heavy atom. The molecule has 18 heavy (non-hydrogen) atoms. The topological polar surface area (TPSA) is 17.1 Å². The molecule has 0 amide bonds. The van der Waals surface area contributed by atoms with Crippen molar-refractivity contribution >= 4 is 5.78 Å². The van der Waals surface area contributed by atoms with Crippen LogP contribution in [0.4, 0.5) is 0 Å². The van der Waals surface area contributed by atoms with Crippen molar-refractivity contribution in [2.24, 2.45) is 0 Å². The van der Waals surface area contributed by atoms with Gasteiger partial charge in [-0.15, -0.1) is 0 Å². The molecule has 2 aromatic carbocycles. The van der Waals surface area contributed by atoms with Crippen LogP contribution in [-0.2, 0) is 6.42 Å². The van der Waals surface area contributed by atoms with Crippen molar-refractivity contribution in [1.29, 1.82) is 0 Å². The van der Waals surface area contributed by atoms with Gasteiger partial charge in [-0.25, -0.2) is 0 Å². The maximum atomic E-state index is 12.3. The lowest BCUT2D eigenvalue weighted by Crippen LogP contribution is -2.05. The Bertz CT molecular complexity index is 521. The molecule has 0 spiro atoms.